The summed E-state index contributed by atoms with van der Waals surface area (Å²) in [5, 5.41) is 8.14. The zero-order valence-electron chi connectivity index (χ0n) is 18.6. The number of aryl methyl sites for hydroxylation is 2. The first-order valence-electron chi connectivity index (χ1n) is 11.2. The van der Waals surface area contributed by atoms with Crippen molar-refractivity contribution in [1.29, 1.82) is 0 Å². The van der Waals surface area contributed by atoms with Crippen LogP contribution in [0.25, 0.3) is 28.2 Å². The lowest BCUT2D eigenvalue weighted by Crippen LogP contribution is -2.33. The van der Waals surface area contributed by atoms with Gasteiger partial charge in [0.2, 0.25) is 5.91 Å². The Morgan fingerprint density at radius 3 is 2.78 bits per heavy atom. The maximum atomic E-state index is 12.9. The van der Waals surface area contributed by atoms with Crippen LogP contribution in [0.3, 0.4) is 0 Å². The van der Waals surface area contributed by atoms with E-state index in [9.17, 15) is 4.79 Å². The Morgan fingerprint density at radius 1 is 1.16 bits per heavy atom. The Kier molecular flexibility index (Phi) is 5.39. The summed E-state index contributed by atoms with van der Waals surface area (Å²) in [5.74, 6) is 0.239. The summed E-state index contributed by atoms with van der Waals surface area (Å²) >= 11 is 0. The molecule has 0 bridgehead atoms. The SMILES string of the molecule is Cc1cc2cc(-c3cn[nH]c3)ccc2n1/C=C1\CC(C)N(C(=O)CCc2ccccc2)C1. The molecule has 0 saturated carbocycles. The number of aromatic nitrogens is 3. The highest BCUT2D eigenvalue weighted by Gasteiger charge is 2.28. The third kappa shape index (κ3) is 3.98. The van der Waals surface area contributed by atoms with Crippen LogP contribution in [0.15, 0.2) is 72.6 Å². The first-order valence-corrected chi connectivity index (χ1v) is 11.2. The highest BCUT2D eigenvalue weighted by Crippen LogP contribution is 2.29. The van der Waals surface area contributed by atoms with Crippen LogP contribution in [-0.4, -0.2) is 38.2 Å². The normalized spacial score (nSPS) is 17.5. The van der Waals surface area contributed by atoms with Gasteiger partial charge in [-0.05, 0) is 61.6 Å². The molecule has 5 heteroatoms. The van der Waals surface area contributed by atoms with Gasteiger partial charge in [0, 0.05) is 48.0 Å². The fourth-order valence-corrected chi connectivity index (χ4v) is 4.71. The van der Waals surface area contributed by atoms with Crippen molar-refractivity contribution in [2.24, 2.45) is 0 Å². The molecular formula is C27H28N4O. The molecule has 2 aromatic heterocycles. The van der Waals surface area contributed by atoms with E-state index in [1.807, 2.05) is 35.5 Å². The lowest BCUT2D eigenvalue weighted by atomic mass is 10.1. The number of likely N-dealkylation sites (tertiary alicyclic amines) is 1. The molecule has 1 N–H and O–H groups in total. The molecule has 1 amide bonds. The Bertz CT molecular complexity index is 1270. The molecule has 162 valence electrons. The van der Waals surface area contributed by atoms with Crippen molar-refractivity contribution in [2.45, 2.75) is 39.2 Å². The Hall–Kier alpha value is -3.60. The van der Waals surface area contributed by atoms with Crippen molar-refractivity contribution in [3.05, 3.63) is 83.8 Å². The summed E-state index contributed by atoms with van der Waals surface area (Å²) in [7, 11) is 0. The second-order valence-corrected chi connectivity index (χ2v) is 8.76. The number of hydrogen-bond donors (Lipinski definition) is 1. The molecule has 1 aliphatic rings. The number of carbonyl (C=O) groups is 1. The smallest absolute Gasteiger partial charge is 0.223 e. The van der Waals surface area contributed by atoms with Crippen molar-refractivity contribution >= 4 is 23.0 Å². The topological polar surface area (TPSA) is 53.9 Å². The van der Waals surface area contributed by atoms with Crippen LogP contribution in [-0.2, 0) is 11.2 Å². The van der Waals surface area contributed by atoms with Crippen LogP contribution in [0.1, 0.15) is 31.0 Å². The quantitative estimate of drug-likeness (QED) is 0.464. The van der Waals surface area contributed by atoms with Crippen molar-refractivity contribution in [3.63, 3.8) is 0 Å². The molecule has 1 atom stereocenters. The van der Waals surface area contributed by atoms with Gasteiger partial charge in [-0.25, -0.2) is 0 Å². The van der Waals surface area contributed by atoms with Gasteiger partial charge in [0.15, 0.2) is 0 Å². The lowest BCUT2D eigenvalue weighted by Gasteiger charge is -2.20. The molecule has 1 aliphatic heterocycles. The average Bonchev–Trinajstić information content (AvgIpc) is 3.53. The molecule has 4 aromatic rings. The average molecular weight is 425 g/mol. The molecule has 5 nitrogen and oxygen atoms in total. The molecule has 1 fully saturated rings. The van der Waals surface area contributed by atoms with E-state index in [4.69, 9.17) is 0 Å². The van der Waals surface area contributed by atoms with Crippen LogP contribution in [0.5, 0.6) is 0 Å². The summed E-state index contributed by atoms with van der Waals surface area (Å²) < 4.78 is 2.26. The van der Waals surface area contributed by atoms with Gasteiger partial charge in [0.25, 0.3) is 0 Å². The minimum Gasteiger partial charge on any atom is -0.336 e. The Balaban J connectivity index is 1.33. The summed E-state index contributed by atoms with van der Waals surface area (Å²) in [6, 6.07) is 19.2. The van der Waals surface area contributed by atoms with Crippen LogP contribution >= 0.6 is 0 Å². The van der Waals surface area contributed by atoms with E-state index in [2.05, 4.69) is 71.2 Å². The number of nitrogens with zero attached hydrogens (tertiary/aromatic N) is 3. The largest absolute Gasteiger partial charge is 0.336 e. The Morgan fingerprint density at radius 2 is 2.00 bits per heavy atom. The number of rotatable bonds is 5. The number of hydrogen-bond acceptors (Lipinski definition) is 2. The van der Waals surface area contributed by atoms with E-state index in [1.54, 1.807) is 0 Å². The van der Waals surface area contributed by atoms with Gasteiger partial charge in [-0.15, -0.1) is 0 Å². The molecule has 32 heavy (non-hydrogen) atoms. The van der Waals surface area contributed by atoms with Crippen LogP contribution in [0, 0.1) is 6.92 Å². The monoisotopic (exact) mass is 424 g/mol. The predicted octanol–water partition coefficient (Wildman–Crippen LogP) is 5.43. The van der Waals surface area contributed by atoms with Gasteiger partial charge in [-0.3, -0.25) is 9.89 Å². The number of nitrogens with one attached hydrogen (secondary N) is 1. The minimum atomic E-state index is 0.236. The van der Waals surface area contributed by atoms with Gasteiger partial charge >= 0.3 is 0 Å². The number of fused-ring (bicyclic) bond motifs is 1. The molecule has 1 unspecified atom stereocenters. The highest BCUT2D eigenvalue weighted by molar-refractivity contribution is 5.88. The van der Waals surface area contributed by atoms with Gasteiger partial charge in [0.1, 0.15) is 0 Å². The number of amides is 1. The number of H-pyrrole nitrogens is 1. The maximum absolute atomic E-state index is 12.9. The molecule has 1 saturated heterocycles. The Labute approximate surface area is 188 Å². The van der Waals surface area contributed by atoms with E-state index in [-0.39, 0.29) is 11.9 Å². The molecule has 5 rings (SSSR count). The van der Waals surface area contributed by atoms with Gasteiger partial charge < -0.3 is 9.47 Å². The predicted molar refractivity (Wildman–Crippen MR) is 129 cm³/mol. The third-order valence-corrected chi connectivity index (χ3v) is 6.43. The number of aromatic amines is 1. The van der Waals surface area contributed by atoms with E-state index >= 15 is 0 Å². The van der Waals surface area contributed by atoms with Crippen molar-refractivity contribution in [1.82, 2.24) is 19.7 Å². The van der Waals surface area contributed by atoms with Crippen molar-refractivity contribution in [3.8, 4) is 11.1 Å². The van der Waals surface area contributed by atoms with Gasteiger partial charge in [-0.2, -0.15) is 5.10 Å². The van der Waals surface area contributed by atoms with E-state index in [0.29, 0.717) is 13.0 Å². The van der Waals surface area contributed by atoms with Crippen molar-refractivity contribution in [2.75, 3.05) is 6.54 Å². The summed E-state index contributed by atoms with van der Waals surface area (Å²) in [5.41, 5.74) is 7.13. The maximum Gasteiger partial charge on any atom is 0.223 e. The molecular weight excluding hydrogens is 396 g/mol. The summed E-state index contributed by atoms with van der Waals surface area (Å²) in [6.07, 6.45) is 8.26. The zero-order valence-corrected chi connectivity index (χ0v) is 18.6. The molecule has 0 spiro atoms. The highest BCUT2D eigenvalue weighted by atomic mass is 16.2. The first-order chi connectivity index (χ1) is 15.6. The van der Waals surface area contributed by atoms with E-state index < -0.39 is 0 Å². The van der Waals surface area contributed by atoms with E-state index in [0.717, 1.165) is 24.0 Å². The van der Waals surface area contributed by atoms with E-state index in [1.165, 1.54) is 27.7 Å². The summed E-state index contributed by atoms with van der Waals surface area (Å²) in [6.45, 7) is 5.00. The first kappa shape index (κ1) is 20.3. The van der Waals surface area contributed by atoms with Crippen molar-refractivity contribution < 1.29 is 4.79 Å². The fraction of sp³-hybridized carbons (Fsp3) is 0.259. The van der Waals surface area contributed by atoms with Crippen LogP contribution in [0.4, 0.5) is 0 Å². The molecule has 0 aliphatic carbocycles. The van der Waals surface area contributed by atoms with Gasteiger partial charge in [-0.1, -0.05) is 36.4 Å². The summed E-state index contributed by atoms with van der Waals surface area (Å²) in [4.78, 5) is 14.9. The second-order valence-electron chi connectivity index (χ2n) is 8.76. The lowest BCUT2D eigenvalue weighted by molar-refractivity contribution is -0.131. The fourth-order valence-electron chi connectivity index (χ4n) is 4.71. The molecule has 2 aromatic carbocycles. The standard InChI is InChI=1S/C27H28N4O/c1-19-12-22(18-31(19)27(32)11-8-21-6-4-3-5-7-21)17-30-20(2)13-24-14-23(9-10-26(24)30)25-15-28-29-16-25/h3-7,9-10,13-17,19H,8,11-12,18H2,1-2H3,(H,28,29)/b22-17+. The van der Waals surface area contributed by atoms with Crippen LogP contribution in [0.2, 0.25) is 0 Å². The number of benzene rings is 2. The molecule has 3 heterocycles. The van der Waals surface area contributed by atoms with Crippen LogP contribution < -0.4 is 0 Å². The molecule has 0 radical (unpaired) electrons. The minimum absolute atomic E-state index is 0.236. The number of carbonyl (C=O) groups excluding carboxylic acids is 1. The second kappa shape index (κ2) is 8.50. The third-order valence-electron chi connectivity index (χ3n) is 6.43. The van der Waals surface area contributed by atoms with Gasteiger partial charge in [0.05, 0.1) is 11.7 Å². The zero-order chi connectivity index (χ0) is 22.1.